The maximum atomic E-state index is 12.5. The van der Waals surface area contributed by atoms with Crippen molar-refractivity contribution >= 4 is 6.29 Å². The number of carbonyl (C=O) groups is 1. The minimum Gasteiger partial charge on any atom is -0.493 e. The largest absolute Gasteiger partial charge is 0.493 e. The molecule has 0 aliphatic rings. The van der Waals surface area contributed by atoms with E-state index in [0.29, 0.717) is 6.29 Å². The van der Waals surface area contributed by atoms with Crippen LogP contribution < -0.4 is 4.74 Å². The zero-order chi connectivity index (χ0) is 11.4. The topological polar surface area (TPSA) is 63.0 Å². The molecule has 4 nitrogen and oxygen atoms in total. The highest BCUT2D eigenvalue weighted by atomic mass is 19.3. The number of pyridine rings is 1. The number of carbonyl (C=O) groups excluding carboxylic acids is 1. The predicted octanol–water partition coefficient (Wildman–Crippen LogP) is 1.71. The Morgan fingerprint density at radius 3 is 2.73 bits per heavy atom. The van der Waals surface area contributed by atoms with Crippen LogP contribution in [0.2, 0.25) is 0 Å². The van der Waals surface area contributed by atoms with E-state index in [4.69, 9.17) is 5.26 Å². The van der Waals surface area contributed by atoms with Gasteiger partial charge in [0.1, 0.15) is 11.8 Å². The number of nitriles is 1. The first kappa shape index (κ1) is 11.0. The normalized spacial score (nSPS) is 9.80. The van der Waals surface area contributed by atoms with E-state index in [9.17, 15) is 13.6 Å². The molecule has 1 heterocycles. The van der Waals surface area contributed by atoms with Gasteiger partial charge in [-0.1, -0.05) is 0 Å². The van der Waals surface area contributed by atoms with Crippen LogP contribution in [0.3, 0.4) is 0 Å². The molecule has 6 heteroatoms. The molecule has 0 radical (unpaired) electrons. The zero-order valence-electron chi connectivity index (χ0n) is 7.70. The lowest BCUT2D eigenvalue weighted by Gasteiger charge is -2.08. The number of alkyl halides is 2. The molecule has 0 saturated carbocycles. The van der Waals surface area contributed by atoms with E-state index >= 15 is 0 Å². The van der Waals surface area contributed by atoms with E-state index < -0.39 is 12.1 Å². The molecule has 0 N–H and O–H groups in total. The quantitative estimate of drug-likeness (QED) is 0.715. The van der Waals surface area contributed by atoms with E-state index in [0.717, 1.165) is 13.2 Å². The lowest BCUT2D eigenvalue weighted by Crippen LogP contribution is -2.02. The Kier molecular flexibility index (Phi) is 3.29. The van der Waals surface area contributed by atoms with E-state index in [-0.39, 0.29) is 17.0 Å². The molecule has 1 rings (SSSR count). The molecule has 0 aromatic carbocycles. The van der Waals surface area contributed by atoms with E-state index in [1.165, 1.54) is 0 Å². The molecule has 0 amide bonds. The van der Waals surface area contributed by atoms with Crippen molar-refractivity contribution < 1.29 is 18.3 Å². The summed E-state index contributed by atoms with van der Waals surface area (Å²) >= 11 is 0. The van der Waals surface area contributed by atoms with Crippen molar-refractivity contribution in [1.82, 2.24) is 4.98 Å². The van der Waals surface area contributed by atoms with Crippen LogP contribution in [0.25, 0.3) is 0 Å². The molecule has 1 aromatic rings. The maximum absolute atomic E-state index is 12.5. The standard InChI is InChI=1S/C9H6F2N2O2/c1-15-8-5(3-12)2-6(4-14)13-7(8)9(10)11/h2,4,9H,1H3. The molecule has 78 valence electrons. The van der Waals surface area contributed by atoms with Crippen LogP contribution in [0.4, 0.5) is 8.78 Å². The van der Waals surface area contributed by atoms with Gasteiger partial charge in [-0.3, -0.25) is 4.79 Å². The fraction of sp³-hybridized carbons (Fsp3) is 0.222. The zero-order valence-corrected chi connectivity index (χ0v) is 7.70. The van der Waals surface area contributed by atoms with Crippen LogP contribution in [0.5, 0.6) is 5.75 Å². The van der Waals surface area contributed by atoms with Gasteiger partial charge in [-0.05, 0) is 6.07 Å². The second-order valence-corrected chi connectivity index (χ2v) is 2.54. The summed E-state index contributed by atoms with van der Waals surface area (Å²) in [5, 5.41) is 8.66. The van der Waals surface area contributed by atoms with Crippen LogP contribution >= 0.6 is 0 Å². The van der Waals surface area contributed by atoms with Crippen LogP contribution in [0.1, 0.15) is 28.2 Å². The molecule has 0 fully saturated rings. The SMILES string of the molecule is COc1c(C#N)cc(C=O)nc1C(F)F. The van der Waals surface area contributed by atoms with Crippen LogP contribution in [0, 0.1) is 11.3 Å². The summed E-state index contributed by atoms with van der Waals surface area (Å²) in [6, 6.07) is 2.75. The summed E-state index contributed by atoms with van der Waals surface area (Å²) < 4.78 is 29.6. The Hall–Kier alpha value is -2.03. The Labute approximate surface area is 84.1 Å². The van der Waals surface area contributed by atoms with Gasteiger partial charge >= 0.3 is 0 Å². The number of hydrogen-bond donors (Lipinski definition) is 0. The monoisotopic (exact) mass is 212 g/mol. The lowest BCUT2D eigenvalue weighted by molar-refractivity contribution is 0.111. The minimum absolute atomic E-state index is 0.134. The summed E-state index contributed by atoms with van der Waals surface area (Å²) in [7, 11) is 1.16. The maximum Gasteiger partial charge on any atom is 0.284 e. The van der Waals surface area contributed by atoms with Gasteiger partial charge in [0.15, 0.2) is 17.7 Å². The Balaban J connectivity index is 3.47. The summed E-state index contributed by atoms with van der Waals surface area (Å²) in [4.78, 5) is 13.8. The molecule has 0 bridgehead atoms. The first-order valence-electron chi connectivity index (χ1n) is 3.86. The molecule has 0 saturated heterocycles. The molecule has 0 atom stereocenters. The lowest BCUT2D eigenvalue weighted by atomic mass is 10.2. The van der Waals surface area contributed by atoms with Crippen molar-refractivity contribution in [3.8, 4) is 11.8 Å². The number of ether oxygens (including phenoxy) is 1. The second-order valence-electron chi connectivity index (χ2n) is 2.54. The molecule has 0 spiro atoms. The summed E-state index contributed by atoms with van der Waals surface area (Å²) in [5.41, 5.74) is -1.05. The van der Waals surface area contributed by atoms with Gasteiger partial charge in [-0.2, -0.15) is 5.26 Å². The summed E-state index contributed by atoms with van der Waals surface area (Å²) in [6.07, 6.45) is -2.60. The number of rotatable bonds is 3. The summed E-state index contributed by atoms with van der Waals surface area (Å²) in [5.74, 6) is -0.293. The first-order valence-corrected chi connectivity index (χ1v) is 3.86. The number of halogens is 2. The molecule has 0 aliphatic carbocycles. The van der Waals surface area contributed by atoms with E-state index in [1.54, 1.807) is 6.07 Å². The second kappa shape index (κ2) is 4.46. The van der Waals surface area contributed by atoms with Gasteiger partial charge in [0.05, 0.1) is 12.7 Å². The third-order valence-electron chi connectivity index (χ3n) is 1.67. The average molecular weight is 212 g/mol. The van der Waals surface area contributed by atoms with Crippen LogP contribution in [-0.2, 0) is 0 Å². The molecule has 0 unspecified atom stereocenters. The molecule has 1 aromatic heterocycles. The van der Waals surface area contributed by atoms with Gasteiger partial charge in [-0.25, -0.2) is 13.8 Å². The highest BCUT2D eigenvalue weighted by Crippen LogP contribution is 2.30. The van der Waals surface area contributed by atoms with Crippen molar-refractivity contribution in [1.29, 1.82) is 5.26 Å². The Morgan fingerprint density at radius 1 is 1.67 bits per heavy atom. The fourth-order valence-electron chi connectivity index (χ4n) is 1.08. The predicted molar refractivity (Wildman–Crippen MR) is 45.8 cm³/mol. The van der Waals surface area contributed by atoms with Crippen molar-refractivity contribution in [2.75, 3.05) is 7.11 Å². The van der Waals surface area contributed by atoms with E-state index in [1.807, 2.05) is 0 Å². The van der Waals surface area contributed by atoms with Gasteiger partial charge in [-0.15, -0.1) is 0 Å². The van der Waals surface area contributed by atoms with Crippen molar-refractivity contribution in [3.63, 3.8) is 0 Å². The molecular weight excluding hydrogens is 206 g/mol. The van der Waals surface area contributed by atoms with Gasteiger partial charge in [0.2, 0.25) is 0 Å². The fourth-order valence-corrected chi connectivity index (χ4v) is 1.08. The smallest absolute Gasteiger partial charge is 0.284 e. The third-order valence-corrected chi connectivity index (χ3v) is 1.67. The number of methoxy groups -OCH3 is 1. The van der Waals surface area contributed by atoms with Gasteiger partial charge < -0.3 is 4.74 Å². The highest BCUT2D eigenvalue weighted by Gasteiger charge is 2.20. The average Bonchev–Trinajstić information content (AvgIpc) is 2.26. The highest BCUT2D eigenvalue weighted by molar-refractivity contribution is 5.73. The van der Waals surface area contributed by atoms with Crippen LogP contribution in [0.15, 0.2) is 6.07 Å². The third kappa shape index (κ3) is 2.07. The van der Waals surface area contributed by atoms with E-state index in [2.05, 4.69) is 9.72 Å². The van der Waals surface area contributed by atoms with Gasteiger partial charge in [0, 0.05) is 0 Å². The van der Waals surface area contributed by atoms with Crippen molar-refractivity contribution in [2.24, 2.45) is 0 Å². The van der Waals surface area contributed by atoms with Crippen molar-refractivity contribution in [3.05, 3.63) is 23.0 Å². The number of hydrogen-bond acceptors (Lipinski definition) is 4. The Morgan fingerprint density at radius 2 is 2.33 bits per heavy atom. The minimum atomic E-state index is -2.90. The molecular formula is C9H6F2N2O2. The number of aromatic nitrogens is 1. The number of nitrogens with zero attached hydrogens (tertiary/aromatic N) is 2. The number of aldehydes is 1. The van der Waals surface area contributed by atoms with Gasteiger partial charge in [0.25, 0.3) is 6.43 Å². The molecule has 15 heavy (non-hydrogen) atoms. The Bertz CT molecular complexity index is 427. The van der Waals surface area contributed by atoms with Crippen molar-refractivity contribution in [2.45, 2.75) is 6.43 Å². The molecule has 0 aliphatic heterocycles. The first-order chi connectivity index (χ1) is 7.13. The van der Waals surface area contributed by atoms with Crippen LogP contribution in [-0.4, -0.2) is 18.4 Å². The summed E-state index contributed by atoms with van der Waals surface area (Å²) in [6.45, 7) is 0.